The van der Waals surface area contributed by atoms with Gasteiger partial charge in [0.2, 0.25) is 0 Å². The third kappa shape index (κ3) is 1.33. The number of carbonyl (C=O) groups is 1. The lowest BCUT2D eigenvalue weighted by atomic mass is 10.2. The Bertz CT molecular complexity index is 522. The topological polar surface area (TPSA) is 67.5 Å². The van der Waals surface area contributed by atoms with Gasteiger partial charge >= 0.3 is 10.9 Å². The van der Waals surface area contributed by atoms with Crippen molar-refractivity contribution in [3.63, 3.8) is 0 Å². The highest BCUT2D eigenvalue weighted by molar-refractivity contribution is 7.16. The van der Waals surface area contributed by atoms with Gasteiger partial charge < -0.3 is 9.52 Å². The van der Waals surface area contributed by atoms with Crippen molar-refractivity contribution in [1.82, 2.24) is 0 Å². The molecule has 0 fully saturated rings. The molecule has 13 heavy (non-hydrogen) atoms. The minimum atomic E-state index is -1.03. The summed E-state index contributed by atoms with van der Waals surface area (Å²) in [5.74, 6) is -1.03. The summed E-state index contributed by atoms with van der Waals surface area (Å²) < 4.78 is 5.42. The molecule has 5 heteroatoms. The van der Waals surface area contributed by atoms with Crippen LogP contribution in [-0.2, 0) is 0 Å². The molecule has 1 aromatic carbocycles. The molecule has 0 radical (unpaired) electrons. The van der Waals surface area contributed by atoms with Gasteiger partial charge in [-0.2, -0.15) is 0 Å². The summed E-state index contributed by atoms with van der Waals surface area (Å²) in [6.45, 7) is 0. The minimum absolute atomic E-state index is 0.119. The van der Waals surface area contributed by atoms with E-state index in [1.807, 2.05) is 0 Å². The Morgan fingerprint density at radius 3 is 2.92 bits per heavy atom. The average Bonchev–Trinajstić information content (AvgIpc) is 2.42. The van der Waals surface area contributed by atoms with E-state index in [1.165, 1.54) is 12.1 Å². The zero-order valence-electron chi connectivity index (χ0n) is 6.31. The molecule has 0 amide bonds. The fourth-order valence-corrected chi connectivity index (χ4v) is 1.65. The molecule has 4 nitrogen and oxygen atoms in total. The van der Waals surface area contributed by atoms with Gasteiger partial charge in [-0.15, -0.1) is 0 Å². The van der Waals surface area contributed by atoms with Crippen LogP contribution in [0.15, 0.2) is 27.4 Å². The van der Waals surface area contributed by atoms with E-state index in [1.54, 1.807) is 6.07 Å². The van der Waals surface area contributed by atoms with Gasteiger partial charge in [0.15, 0.2) is 0 Å². The lowest BCUT2D eigenvalue weighted by Crippen LogP contribution is -1.94. The van der Waals surface area contributed by atoms with Crippen molar-refractivity contribution in [3.8, 4) is 0 Å². The van der Waals surface area contributed by atoms with Crippen LogP contribution in [0.5, 0.6) is 0 Å². The Morgan fingerprint density at radius 1 is 1.46 bits per heavy atom. The molecule has 0 atom stereocenters. The van der Waals surface area contributed by atoms with Crippen LogP contribution >= 0.6 is 11.3 Å². The third-order valence-corrected chi connectivity index (χ3v) is 2.38. The van der Waals surface area contributed by atoms with Crippen LogP contribution in [-0.4, -0.2) is 11.1 Å². The molecule has 0 aliphatic rings. The highest BCUT2D eigenvalue weighted by Crippen LogP contribution is 2.18. The molecule has 1 heterocycles. The van der Waals surface area contributed by atoms with E-state index >= 15 is 0 Å². The third-order valence-electron chi connectivity index (χ3n) is 1.58. The van der Waals surface area contributed by atoms with Gasteiger partial charge in [0.1, 0.15) is 5.58 Å². The van der Waals surface area contributed by atoms with Crippen molar-refractivity contribution in [3.05, 3.63) is 33.5 Å². The zero-order chi connectivity index (χ0) is 9.42. The van der Waals surface area contributed by atoms with Gasteiger partial charge in [-0.25, -0.2) is 9.59 Å². The van der Waals surface area contributed by atoms with E-state index in [0.29, 0.717) is 10.3 Å². The van der Waals surface area contributed by atoms with E-state index in [9.17, 15) is 9.59 Å². The standard InChI is InChI=1S/C8H4O4S/c9-7(10)4-1-2-6-5(3-4)12-8(11)13-6/h1-3H,(H,9,10). The van der Waals surface area contributed by atoms with Gasteiger partial charge in [-0.05, 0) is 18.2 Å². The maximum Gasteiger partial charge on any atom is 0.396 e. The number of carboxylic acid groups (broad SMARTS) is 1. The van der Waals surface area contributed by atoms with Crippen molar-refractivity contribution in [2.24, 2.45) is 0 Å². The number of aromatic carboxylic acids is 1. The molecule has 1 N–H and O–H groups in total. The summed E-state index contributed by atoms with van der Waals surface area (Å²) in [6, 6.07) is 4.35. The quantitative estimate of drug-likeness (QED) is 0.751. The van der Waals surface area contributed by atoms with Crippen LogP contribution in [0, 0.1) is 0 Å². The molecule has 2 aromatic rings. The predicted octanol–water partition coefficient (Wildman–Crippen LogP) is 1.55. The number of benzene rings is 1. The largest absolute Gasteiger partial charge is 0.478 e. The van der Waals surface area contributed by atoms with Crippen molar-refractivity contribution in [1.29, 1.82) is 0 Å². The average molecular weight is 196 g/mol. The van der Waals surface area contributed by atoms with E-state index < -0.39 is 10.9 Å². The van der Waals surface area contributed by atoms with Crippen molar-refractivity contribution in [2.75, 3.05) is 0 Å². The van der Waals surface area contributed by atoms with Gasteiger partial charge in [-0.3, -0.25) is 0 Å². The van der Waals surface area contributed by atoms with E-state index in [4.69, 9.17) is 9.52 Å². The maximum absolute atomic E-state index is 10.8. The first-order valence-electron chi connectivity index (χ1n) is 3.44. The van der Waals surface area contributed by atoms with Crippen LogP contribution in [0.2, 0.25) is 0 Å². The molecule has 0 saturated heterocycles. The van der Waals surface area contributed by atoms with Crippen LogP contribution in [0.25, 0.3) is 10.3 Å². The molecule has 0 saturated carbocycles. The molecular formula is C8H4O4S. The highest BCUT2D eigenvalue weighted by Gasteiger charge is 2.06. The van der Waals surface area contributed by atoms with Crippen LogP contribution in [0.1, 0.15) is 10.4 Å². The smallest absolute Gasteiger partial charge is 0.396 e. The summed E-state index contributed by atoms with van der Waals surface area (Å²) in [5.41, 5.74) is 0.448. The normalized spacial score (nSPS) is 10.5. The van der Waals surface area contributed by atoms with Crippen LogP contribution in [0.3, 0.4) is 0 Å². The number of hydrogen-bond donors (Lipinski definition) is 1. The number of hydrogen-bond acceptors (Lipinski definition) is 4. The maximum atomic E-state index is 10.8. The van der Waals surface area contributed by atoms with Crippen molar-refractivity contribution in [2.45, 2.75) is 0 Å². The SMILES string of the molecule is O=C(O)c1ccc2sc(=O)oc2c1. The molecule has 0 aliphatic carbocycles. The molecule has 0 unspecified atom stereocenters. The highest BCUT2D eigenvalue weighted by atomic mass is 32.1. The van der Waals surface area contributed by atoms with Gasteiger partial charge in [0, 0.05) is 0 Å². The summed E-state index contributed by atoms with van der Waals surface area (Å²) in [5, 5.41) is 8.63. The fourth-order valence-electron chi connectivity index (χ4n) is 1.01. The monoisotopic (exact) mass is 196 g/mol. The van der Waals surface area contributed by atoms with Crippen molar-refractivity contribution < 1.29 is 14.3 Å². The zero-order valence-corrected chi connectivity index (χ0v) is 7.13. The van der Waals surface area contributed by atoms with E-state index in [0.717, 1.165) is 11.3 Å². The Kier molecular flexibility index (Phi) is 1.66. The van der Waals surface area contributed by atoms with Gasteiger partial charge in [-0.1, -0.05) is 11.3 Å². The number of carboxylic acids is 1. The molecule has 2 rings (SSSR count). The second-order valence-electron chi connectivity index (χ2n) is 2.42. The molecule has 1 aromatic heterocycles. The second kappa shape index (κ2) is 2.70. The van der Waals surface area contributed by atoms with E-state index in [-0.39, 0.29) is 5.56 Å². The van der Waals surface area contributed by atoms with Crippen LogP contribution in [0.4, 0.5) is 0 Å². The van der Waals surface area contributed by atoms with E-state index in [2.05, 4.69) is 0 Å². The minimum Gasteiger partial charge on any atom is -0.478 e. The number of fused-ring (bicyclic) bond motifs is 1. The van der Waals surface area contributed by atoms with Crippen LogP contribution < -0.4 is 4.94 Å². The summed E-state index contributed by atoms with van der Waals surface area (Å²) in [4.78, 5) is 20.9. The molecule has 0 aliphatic heterocycles. The first-order valence-corrected chi connectivity index (χ1v) is 4.25. The second-order valence-corrected chi connectivity index (χ2v) is 3.40. The molecule has 66 valence electrons. The van der Waals surface area contributed by atoms with Gasteiger partial charge in [0.25, 0.3) is 0 Å². The Morgan fingerprint density at radius 2 is 2.23 bits per heavy atom. The number of rotatable bonds is 1. The molecule has 0 bridgehead atoms. The first kappa shape index (κ1) is 8.00. The Balaban J connectivity index is 2.74. The lowest BCUT2D eigenvalue weighted by molar-refractivity contribution is 0.0697. The molecule has 0 spiro atoms. The lowest BCUT2D eigenvalue weighted by Gasteiger charge is -1.91. The predicted molar refractivity (Wildman–Crippen MR) is 47.3 cm³/mol. The first-order chi connectivity index (χ1) is 6.16. The van der Waals surface area contributed by atoms with Crippen molar-refractivity contribution >= 4 is 27.6 Å². The fraction of sp³-hybridized carbons (Fsp3) is 0. The summed E-state index contributed by atoms with van der Waals surface area (Å²) in [7, 11) is 0. The van der Waals surface area contributed by atoms with Gasteiger partial charge in [0.05, 0.1) is 10.3 Å². The molecular weight excluding hydrogens is 192 g/mol. The Labute approximate surface area is 76.0 Å². The summed E-state index contributed by atoms with van der Waals surface area (Å²) in [6.07, 6.45) is 0. The Hall–Kier alpha value is -1.62. The summed E-state index contributed by atoms with van der Waals surface area (Å²) >= 11 is 0.957.